The van der Waals surface area contributed by atoms with Crippen LogP contribution in [0.15, 0.2) is 0 Å². The van der Waals surface area contributed by atoms with E-state index in [0.717, 1.165) is 6.42 Å². The van der Waals surface area contributed by atoms with E-state index in [0.29, 0.717) is 12.5 Å². The molecule has 0 fully saturated rings. The van der Waals surface area contributed by atoms with E-state index in [9.17, 15) is 4.79 Å². The summed E-state index contributed by atoms with van der Waals surface area (Å²) in [4.78, 5) is 12.4. The van der Waals surface area contributed by atoms with E-state index in [1.807, 2.05) is 0 Å². The Hall–Kier alpha value is -0.530. The predicted octanol–water partition coefficient (Wildman–Crippen LogP) is 10.8. The maximum atomic E-state index is 12.4. The maximum absolute atomic E-state index is 12.4. The lowest BCUT2D eigenvalue weighted by Gasteiger charge is -2.18. The van der Waals surface area contributed by atoms with Crippen LogP contribution in [0.2, 0.25) is 0 Å². The van der Waals surface area contributed by atoms with Crippen molar-refractivity contribution in [3.63, 3.8) is 0 Å². The van der Waals surface area contributed by atoms with Crippen molar-refractivity contribution < 1.29 is 9.53 Å². The highest BCUT2D eigenvalue weighted by atomic mass is 16.5. The molecule has 0 spiro atoms. The van der Waals surface area contributed by atoms with Crippen LogP contribution in [0.3, 0.4) is 0 Å². The minimum absolute atomic E-state index is 0.0414. The quantitative estimate of drug-likeness (QED) is 0.0935. The predicted molar refractivity (Wildman–Crippen MR) is 147 cm³/mol. The number of ether oxygens (including phenoxy) is 1. The van der Waals surface area contributed by atoms with Gasteiger partial charge in [0, 0.05) is 0 Å². The Balaban J connectivity index is 3.64. The van der Waals surface area contributed by atoms with Crippen LogP contribution in [0.5, 0.6) is 0 Å². The Morgan fingerprint density at radius 3 is 1.36 bits per heavy atom. The number of hydrogen-bond donors (Lipinski definition) is 0. The van der Waals surface area contributed by atoms with E-state index < -0.39 is 0 Å². The lowest BCUT2D eigenvalue weighted by molar-refractivity contribution is -0.149. The number of carbonyl (C=O) groups excluding carboxylic acids is 1. The van der Waals surface area contributed by atoms with Gasteiger partial charge in [-0.15, -0.1) is 0 Å². The van der Waals surface area contributed by atoms with Gasteiger partial charge in [-0.1, -0.05) is 156 Å². The highest BCUT2D eigenvalue weighted by Gasteiger charge is 2.17. The zero-order chi connectivity index (χ0) is 24.4. The minimum Gasteiger partial charge on any atom is -0.465 e. The molecule has 2 heteroatoms. The lowest BCUT2D eigenvalue weighted by atomic mass is 9.96. The van der Waals surface area contributed by atoms with Crippen molar-refractivity contribution in [1.82, 2.24) is 0 Å². The number of unbranched alkanes of at least 4 members (excludes halogenated alkanes) is 17. The molecular formula is C31H62O2. The molecule has 0 bridgehead atoms. The van der Waals surface area contributed by atoms with Gasteiger partial charge in [0.2, 0.25) is 0 Å². The third-order valence-electron chi connectivity index (χ3n) is 7.29. The molecule has 198 valence electrons. The molecule has 0 amide bonds. The van der Waals surface area contributed by atoms with Crippen molar-refractivity contribution in [2.24, 2.45) is 11.8 Å². The van der Waals surface area contributed by atoms with Gasteiger partial charge in [-0.3, -0.25) is 4.79 Å². The van der Waals surface area contributed by atoms with Gasteiger partial charge in [-0.2, -0.15) is 0 Å². The van der Waals surface area contributed by atoms with Crippen LogP contribution in [0.4, 0.5) is 0 Å². The van der Waals surface area contributed by atoms with Crippen LogP contribution < -0.4 is 0 Å². The van der Waals surface area contributed by atoms with E-state index in [2.05, 4.69) is 27.7 Å². The van der Waals surface area contributed by atoms with E-state index in [4.69, 9.17) is 4.74 Å². The normalized spacial score (nSPS) is 13.2. The summed E-state index contributed by atoms with van der Waals surface area (Å²) in [5.74, 6) is 0.674. The molecule has 0 heterocycles. The van der Waals surface area contributed by atoms with Gasteiger partial charge in [0.25, 0.3) is 0 Å². The summed E-state index contributed by atoms with van der Waals surface area (Å²) in [7, 11) is 0. The average Bonchev–Trinajstić information content (AvgIpc) is 2.82. The molecule has 0 aliphatic rings. The molecule has 0 saturated carbocycles. The number of carbonyl (C=O) groups is 1. The highest BCUT2D eigenvalue weighted by Crippen LogP contribution is 2.20. The van der Waals surface area contributed by atoms with E-state index >= 15 is 0 Å². The van der Waals surface area contributed by atoms with Crippen molar-refractivity contribution in [2.75, 3.05) is 6.61 Å². The fourth-order valence-electron chi connectivity index (χ4n) is 4.77. The van der Waals surface area contributed by atoms with Crippen molar-refractivity contribution >= 4 is 5.97 Å². The SMILES string of the molecule is CCCCCCCCCCCCCCCCC(C)C(=O)OCC(CCCC)CCCCCC. The lowest BCUT2D eigenvalue weighted by Crippen LogP contribution is -2.19. The first-order chi connectivity index (χ1) is 16.2. The molecule has 0 aliphatic heterocycles. The molecule has 0 rings (SSSR count). The Morgan fingerprint density at radius 2 is 0.879 bits per heavy atom. The van der Waals surface area contributed by atoms with Crippen molar-refractivity contribution in [1.29, 1.82) is 0 Å². The van der Waals surface area contributed by atoms with Gasteiger partial charge < -0.3 is 4.74 Å². The van der Waals surface area contributed by atoms with Crippen molar-refractivity contribution in [3.05, 3.63) is 0 Å². The summed E-state index contributed by atoms with van der Waals surface area (Å²) < 4.78 is 5.75. The number of rotatable bonds is 26. The second-order valence-electron chi connectivity index (χ2n) is 10.8. The topological polar surface area (TPSA) is 26.3 Å². The second kappa shape index (κ2) is 26.1. The fraction of sp³-hybridized carbons (Fsp3) is 0.968. The largest absolute Gasteiger partial charge is 0.465 e. The first-order valence-electron chi connectivity index (χ1n) is 15.3. The van der Waals surface area contributed by atoms with Crippen LogP contribution in [0, 0.1) is 11.8 Å². The number of hydrogen-bond acceptors (Lipinski definition) is 2. The van der Waals surface area contributed by atoms with Crippen LogP contribution in [0.1, 0.15) is 175 Å². The molecule has 0 radical (unpaired) electrons. The first-order valence-corrected chi connectivity index (χ1v) is 15.3. The van der Waals surface area contributed by atoms with Crippen molar-refractivity contribution in [3.8, 4) is 0 Å². The molecule has 33 heavy (non-hydrogen) atoms. The third kappa shape index (κ3) is 23.0. The molecule has 2 nitrogen and oxygen atoms in total. The van der Waals surface area contributed by atoms with Crippen LogP contribution in [-0.4, -0.2) is 12.6 Å². The molecule has 0 aromatic rings. The molecule has 0 aromatic carbocycles. The molecular weight excluding hydrogens is 404 g/mol. The van der Waals surface area contributed by atoms with Gasteiger partial charge in [0.1, 0.15) is 0 Å². The molecule has 2 atom stereocenters. The summed E-state index contributed by atoms with van der Waals surface area (Å²) in [6, 6.07) is 0. The first kappa shape index (κ1) is 32.5. The fourth-order valence-corrected chi connectivity index (χ4v) is 4.77. The summed E-state index contributed by atoms with van der Waals surface area (Å²) >= 11 is 0. The monoisotopic (exact) mass is 466 g/mol. The second-order valence-corrected chi connectivity index (χ2v) is 10.8. The van der Waals surface area contributed by atoms with Gasteiger partial charge in [0.05, 0.1) is 12.5 Å². The average molecular weight is 467 g/mol. The minimum atomic E-state index is 0.0414. The standard InChI is InChI=1S/C31H62O2/c1-5-8-11-13-14-15-16-17-18-19-20-21-22-23-25-29(4)31(32)33-28-30(26-10-7-3)27-24-12-9-6-2/h29-30H,5-28H2,1-4H3. The summed E-state index contributed by atoms with van der Waals surface area (Å²) in [6.45, 7) is 9.51. The Kier molecular flexibility index (Phi) is 25.7. The van der Waals surface area contributed by atoms with E-state index in [1.165, 1.54) is 141 Å². The van der Waals surface area contributed by atoms with E-state index in [-0.39, 0.29) is 11.9 Å². The highest BCUT2D eigenvalue weighted by molar-refractivity contribution is 5.71. The molecule has 0 aliphatic carbocycles. The Morgan fingerprint density at radius 1 is 0.515 bits per heavy atom. The Labute approximate surface area is 209 Å². The van der Waals surface area contributed by atoms with Crippen LogP contribution in [0.25, 0.3) is 0 Å². The van der Waals surface area contributed by atoms with Gasteiger partial charge in [0.15, 0.2) is 0 Å². The van der Waals surface area contributed by atoms with Crippen LogP contribution >= 0.6 is 0 Å². The molecule has 0 saturated heterocycles. The van der Waals surface area contributed by atoms with Crippen molar-refractivity contribution in [2.45, 2.75) is 175 Å². The van der Waals surface area contributed by atoms with Crippen LogP contribution in [-0.2, 0) is 9.53 Å². The zero-order valence-electron chi connectivity index (χ0n) is 23.4. The summed E-state index contributed by atoms with van der Waals surface area (Å²) in [5, 5.41) is 0. The summed E-state index contributed by atoms with van der Waals surface area (Å²) in [5.41, 5.74) is 0. The van der Waals surface area contributed by atoms with E-state index in [1.54, 1.807) is 0 Å². The zero-order valence-corrected chi connectivity index (χ0v) is 23.4. The Bertz CT molecular complexity index is 392. The van der Waals surface area contributed by atoms with Gasteiger partial charge >= 0.3 is 5.97 Å². The smallest absolute Gasteiger partial charge is 0.308 e. The summed E-state index contributed by atoms with van der Waals surface area (Å²) in [6.07, 6.45) is 30.5. The number of esters is 1. The maximum Gasteiger partial charge on any atom is 0.308 e. The molecule has 0 aromatic heterocycles. The third-order valence-corrected chi connectivity index (χ3v) is 7.29. The van der Waals surface area contributed by atoms with Gasteiger partial charge in [-0.05, 0) is 25.2 Å². The van der Waals surface area contributed by atoms with Gasteiger partial charge in [-0.25, -0.2) is 0 Å². The molecule has 2 unspecified atom stereocenters. The molecule has 0 N–H and O–H groups in total.